The van der Waals surface area contributed by atoms with E-state index in [1.807, 2.05) is 27.7 Å². The van der Waals surface area contributed by atoms with Gasteiger partial charge < -0.3 is 20.9 Å². The zero-order chi connectivity index (χ0) is 29.4. The molecule has 40 heavy (non-hydrogen) atoms. The Morgan fingerprint density at radius 2 is 1.27 bits per heavy atom. The molecule has 0 amide bonds. The van der Waals surface area contributed by atoms with Crippen LogP contribution >= 0.6 is 0 Å². The van der Waals surface area contributed by atoms with E-state index in [0.717, 1.165) is 17.5 Å². The zero-order valence-corrected chi connectivity index (χ0v) is 23.5. The van der Waals surface area contributed by atoms with Crippen LogP contribution in [0.1, 0.15) is 58.1 Å². The van der Waals surface area contributed by atoms with E-state index in [9.17, 15) is 19.2 Å². The molecule has 0 saturated heterocycles. The summed E-state index contributed by atoms with van der Waals surface area (Å²) in [6.07, 6.45) is 6.66. The highest BCUT2D eigenvalue weighted by Crippen LogP contribution is 2.29. The van der Waals surface area contributed by atoms with Gasteiger partial charge in [-0.3, -0.25) is 9.59 Å². The lowest BCUT2D eigenvalue weighted by Crippen LogP contribution is -2.38. The van der Waals surface area contributed by atoms with Gasteiger partial charge in [0.1, 0.15) is 23.6 Å². The number of esters is 2. The summed E-state index contributed by atoms with van der Waals surface area (Å²) < 4.78 is 10.6. The predicted octanol–water partition coefficient (Wildman–Crippen LogP) is 4.50. The van der Waals surface area contributed by atoms with Crippen molar-refractivity contribution in [2.24, 2.45) is 29.2 Å². The molecule has 2 aromatic rings. The number of carbonyl (C=O) groups is 4. The second kappa shape index (κ2) is 14.0. The van der Waals surface area contributed by atoms with E-state index in [0.29, 0.717) is 29.9 Å². The van der Waals surface area contributed by atoms with Gasteiger partial charge in [-0.2, -0.15) is 0 Å². The number of nitrogens with two attached hydrogens (primary N) is 2. The molecule has 0 bridgehead atoms. The fourth-order valence-electron chi connectivity index (χ4n) is 4.08. The first kappa shape index (κ1) is 30.7. The first-order valence-corrected chi connectivity index (χ1v) is 13.6. The van der Waals surface area contributed by atoms with Crippen LogP contribution in [0.3, 0.4) is 0 Å². The summed E-state index contributed by atoms with van der Waals surface area (Å²) in [7, 11) is 0. The average Bonchev–Trinajstić information content (AvgIpc) is 2.93. The van der Waals surface area contributed by atoms with Crippen LogP contribution in [0.15, 0.2) is 60.2 Å². The number of hydrogen-bond acceptors (Lipinski definition) is 8. The van der Waals surface area contributed by atoms with Crippen molar-refractivity contribution in [3.63, 3.8) is 0 Å². The van der Waals surface area contributed by atoms with E-state index in [-0.39, 0.29) is 23.4 Å². The van der Waals surface area contributed by atoms with Gasteiger partial charge in [0, 0.05) is 0 Å². The summed E-state index contributed by atoms with van der Waals surface area (Å²) in [4.78, 5) is 50.1. The van der Waals surface area contributed by atoms with Gasteiger partial charge in [-0.1, -0.05) is 58.0 Å². The molecule has 0 aromatic heterocycles. The van der Waals surface area contributed by atoms with Crippen LogP contribution in [-0.4, -0.2) is 35.6 Å². The maximum Gasteiger partial charge on any atom is 0.328 e. The maximum absolute atomic E-state index is 13.1. The fourth-order valence-corrected chi connectivity index (χ4v) is 4.08. The molecule has 1 aliphatic rings. The van der Waals surface area contributed by atoms with Gasteiger partial charge in [-0.15, -0.1) is 0 Å². The largest absolute Gasteiger partial charge is 0.425 e. The van der Waals surface area contributed by atoms with Gasteiger partial charge >= 0.3 is 11.9 Å². The Morgan fingerprint density at radius 3 is 1.75 bits per heavy atom. The molecule has 0 aliphatic heterocycles. The zero-order valence-electron chi connectivity index (χ0n) is 23.5. The highest BCUT2D eigenvalue weighted by atomic mass is 16.5. The predicted molar refractivity (Wildman–Crippen MR) is 154 cm³/mol. The second-order valence-corrected chi connectivity index (χ2v) is 10.7. The number of ketones is 2. The monoisotopic (exact) mass is 546 g/mol. The first-order chi connectivity index (χ1) is 19.0. The van der Waals surface area contributed by atoms with Crippen molar-refractivity contribution >= 4 is 35.7 Å². The molecule has 0 spiro atoms. The van der Waals surface area contributed by atoms with Crippen molar-refractivity contribution in [2.45, 2.75) is 59.0 Å². The summed E-state index contributed by atoms with van der Waals surface area (Å²) in [5.74, 6) is -1.49. The molecular weight excluding hydrogens is 508 g/mol. The third-order valence-electron chi connectivity index (χ3n) is 6.87. The SMILES string of the molecule is CC(C)C(N)C(=O)Oc1ccc(C=CC(=O)C2CCCC(=Cc3ccc(OC(=O)C(N)C(C)C)cc3)C2=O)cc1. The van der Waals surface area contributed by atoms with Crippen LogP contribution in [-0.2, 0) is 19.2 Å². The van der Waals surface area contributed by atoms with Gasteiger partial charge in [0.25, 0.3) is 0 Å². The van der Waals surface area contributed by atoms with E-state index in [1.165, 1.54) is 6.08 Å². The van der Waals surface area contributed by atoms with Crippen molar-refractivity contribution in [3.8, 4) is 11.5 Å². The number of allylic oxidation sites excluding steroid dienone is 2. The highest BCUT2D eigenvalue weighted by molar-refractivity contribution is 6.16. The second-order valence-electron chi connectivity index (χ2n) is 10.7. The minimum Gasteiger partial charge on any atom is -0.425 e. The van der Waals surface area contributed by atoms with Gasteiger partial charge in [0.05, 0.1) is 5.92 Å². The molecule has 3 rings (SSSR count). The Hall–Kier alpha value is -3.88. The van der Waals surface area contributed by atoms with Crippen LogP contribution in [0, 0.1) is 17.8 Å². The molecular formula is C32H38N2O6. The fraction of sp³-hybridized carbons (Fsp3) is 0.375. The van der Waals surface area contributed by atoms with Crippen LogP contribution in [0.25, 0.3) is 12.2 Å². The van der Waals surface area contributed by atoms with Gasteiger partial charge in [0.15, 0.2) is 11.6 Å². The Bertz CT molecular complexity index is 1280. The van der Waals surface area contributed by atoms with Crippen molar-refractivity contribution < 1.29 is 28.7 Å². The highest BCUT2D eigenvalue weighted by Gasteiger charge is 2.30. The van der Waals surface area contributed by atoms with Gasteiger partial charge in [-0.05, 0) is 84.2 Å². The van der Waals surface area contributed by atoms with E-state index < -0.39 is 29.9 Å². The lowest BCUT2D eigenvalue weighted by Gasteiger charge is -2.21. The summed E-state index contributed by atoms with van der Waals surface area (Å²) in [6.45, 7) is 7.38. The molecule has 3 atom stereocenters. The molecule has 1 saturated carbocycles. The molecule has 1 fully saturated rings. The van der Waals surface area contributed by atoms with Crippen LogP contribution in [0.4, 0.5) is 0 Å². The minimum atomic E-state index is -0.730. The third kappa shape index (κ3) is 8.31. The van der Waals surface area contributed by atoms with E-state index in [2.05, 4.69) is 0 Å². The van der Waals surface area contributed by atoms with Crippen LogP contribution in [0.5, 0.6) is 11.5 Å². The van der Waals surface area contributed by atoms with E-state index in [4.69, 9.17) is 20.9 Å². The summed E-state index contributed by atoms with van der Waals surface area (Å²) >= 11 is 0. The number of Topliss-reactive ketones (excluding diaryl/α,β-unsaturated/α-hetero) is 1. The standard InChI is InChI=1S/C32H38N2O6/c1-19(2)28(33)31(37)39-24-13-8-21(9-14-24)12-17-27(35)26-7-5-6-23(30(26)36)18-22-10-15-25(16-11-22)40-32(38)29(34)20(3)4/h8-20,26,28-29H,5-7,33-34H2,1-4H3. The van der Waals surface area contributed by atoms with E-state index >= 15 is 0 Å². The Kier molecular flexibility index (Phi) is 10.7. The average molecular weight is 547 g/mol. The van der Waals surface area contributed by atoms with Crippen molar-refractivity contribution in [1.82, 2.24) is 0 Å². The Morgan fingerprint density at radius 1 is 0.800 bits per heavy atom. The molecule has 0 radical (unpaired) electrons. The molecule has 212 valence electrons. The van der Waals surface area contributed by atoms with E-state index in [1.54, 1.807) is 60.7 Å². The third-order valence-corrected chi connectivity index (χ3v) is 6.87. The summed E-state index contributed by atoms with van der Waals surface area (Å²) in [6, 6.07) is 12.1. The summed E-state index contributed by atoms with van der Waals surface area (Å²) in [5.41, 5.74) is 13.7. The van der Waals surface area contributed by atoms with Gasteiger partial charge in [0.2, 0.25) is 0 Å². The topological polar surface area (TPSA) is 139 Å². The number of benzene rings is 2. The van der Waals surface area contributed by atoms with Crippen molar-refractivity contribution in [1.29, 1.82) is 0 Å². The van der Waals surface area contributed by atoms with Crippen LogP contribution in [0.2, 0.25) is 0 Å². The number of carbonyl (C=O) groups excluding carboxylic acids is 4. The number of rotatable bonds is 10. The lowest BCUT2D eigenvalue weighted by atomic mass is 9.81. The normalized spacial score (nSPS) is 18.2. The minimum absolute atomic E-state index is 0.0363. The lowest BCUT2D eigenvalue weighted by molar-refractivity contribution is -0.137. The summed E-state index contributed by atoms with van der Waals surface area (Å²) in [5, 5.41) is 0. The molecule has 8 heteroatoms. The smallest absolute Gasteiger partial charge is 0.328 e. The maximum atomic E-state index is 13.1. The quantitative estimate of drug-likeness (QED) is 0.192. The number of hydrogen-bond donors (Lipinski definition) is 2. The molecule has 8 nitrogen and oxygen atoms in total. The van der Waals surface area contributed by atoms with Crippen molar-refractivity contribution in [2.75, 3.05) is 0 Å². The Labute approximate surface area is 235 Å². The van der Waals surface area contributed by atoms with Crippen LogP contribution < -0.4 is 20.9 Å². The molecule has 3 unspecified atom stereocenters. The van der Waals surface area contributed by atoms with Crippen molar-refractivity contribution in [3.05, 3.63) is 71.3 Å². The molecule has 4 N–H and O–H groups in total. The van der Waals surface area contributed by atoms with Gasteiger partial charge in [-0.25, -0.2) is 9.59 Å². The molecule has 1 aliphatic carbocycles. The molecule has 2 aromatic carbocycles. The Balaban J connectivity index is 1.61. The number of ether oxygens (including phenoxy) is 2. The first-order valence-electron chi connectivity index (χ1n) is 13.6. The molecule has 0 heterocycles.